The molecule has 4 nitrogen and oxygen atoms in total. The van der Waals surface area contributed by atoms with Crippen molar-refractivity contribution in [3.8, 4) is 12.3 Å². The zero-order chi connectivity index (χ0) is 15.1. The van der Waals surface area contributed by atoms with E-state index in [2.05, 4.69) is 43.1 Å². The van der Waals surface area contributed by atoms with Crippen molar-refractivity contribution in [3.63, 3.8) is 0 Å². The van der Waals surface area contributed by atoms with Crippen LogP contribution in [0.15, 0.2) is 27.1 Å². The monoisotopic (exact) mass is 401 g/mol. The Kier molecular flexibility index (Phi) is 6.76. The van der Waals surface area contributed by atoms with Crippen molar-refractivity contribution in [2.24, 2.45) is 0 Å². The van der Waals surface area contributed by atoms with E-state index in [9.17, 15) is 9.59 Å². The van der Waals surface area contributed by atoms with Gasteiger partial charge in [-0.3, -0.25) is 4.79 Å². The van der Waals surface area contributed by atoms with Crippen LogP contribution in [-0.2, 0) is 4.79 Å². The third-order valence-electron chi connectivity index (χ3n) is 2.54. The molecule has 0 spiro atoms. The van der Waals surface area contributed by atoms with Gasteiger partial charge in [0, 0.05) is 20.9 Å². The molecule has 1 atom stereocenters. The molecule has 0 heterocycles. The average molecular weight is 403 g/mol. The van der Waals surface area contributed by atoms with Crippen LogP contribution in [0, 0.1) is 12.3 Å². The molecule has 0 aliphatic rings. The summed E-state index contributed by atoms with van der Waals surface area (Å²) in [6.07, 6.45) is 6.47. The van der Waals surface area contributed by atoms with Crippen molar-refractivity contribution in [1.29, 1.82) is 0 Å². The Morgan fingerprint density at radius 2 is 1.90 bits per heavy atom. The number of carboxylic acids is 1. The summed E-state index contributed by atoms with van der Waals surface area (Å²) >= 11 is 6.56. The fourth-order valence-electron chi connectivity index (χ4n) is 1.59. The van der Waals surface area contributed by atoms with Crippen molar-refractivity contribution in [2.45, 2.75) is 25.3 Å². The summed E-state index contributed by atoms with van der Waals surface area (Å²) in [6.45, 7) is 0. The maximum atomic E-state index is 12.0. The van der Waals surface area contributed by atoms with Gasteiger partial charge in [0.25, 0.3) is 5.91 Å². The van der Waals surface area contributed by atoms with Crippen LogP contribution in [0.4, 0.5) is 0 Å². The van der Waals surface area contributed by atoms with Gasteiger partial charge in [0.05, 0.1) is 0 Å². The fraction of sp³-hybridized carbons (Fsp3) is 0.286. The van der Waals surface area contributed by atoms with E-state index < -0.39 is 17.9 Å². The molecule has 2 N–H and O–H groups in total. The number of benzene rings is 1. The summed E-state index contributed by atoms with van der Waals surface area (Å²) in [7, 11) is 0. The van der Waals surface area contributed by atoms with Gasteiger partial charge in [0.15, 0.2) is 0 Å². The Bertz CT molecular complexity index is 532. The number of carbonyl (C=O) groups is 2. The topological polar surface area (TPSA) is 66.4 Å². The van der Waals surface area contributed by atoms with Crippen molar-refractivity contribution >= 4 is 43.7 Å². The first-order valence-electron chi connectivity index (χ1n) is 5.87. The Hall–Kier alpha value is -1.32. The Labute approximate surface area is 134 Å². The third kappa shape index (κ3) is 5.35. The molecule has 0 aliphatic carbocycles. The van der Waals surface area contributed by atoms with Crippen LogP contribution in [0.25, 0.3) is 0 Å². The number of terminal acetylenes is 1. The van der Waals surface area contributed by atoms with E-state index in [0.717, 1.165) is 8.95 Å². The molecule has 1 rings (SSSR count). The smallest absolute Gasteiger partial charge is 0.326 e. The van der Waals surface area contributed by atoms with E-state index >= 15 is 0 Å². The minimum atomic E-state index is -1.07. The van der Waals surface area contributed by atoms with Crippen LogP contribution < -0.4 is 5.32 Å². The van der Waals surface area contributed by atoms with Gasteiger partial charge < -0.3 is 10.4 Å². The number of hydrogen-bond acceptors (Lipinski definition) is 2. The van der Waals surface area contributed by atoms with Crippen LogP contribution in [-0.4, -0.2) is 23.0 Å². The highest BCUT2D eigenvalue weighted by atomic mass is 79.9. The SMILES string of the molecule is C#CCCC[C@@H](NC(=O)c1cc(Br)cc(Br)c1)C(=O)O. The minimum absolute atomic E-state index is 0.306. The lowest BCUT2D eigenvalue weighted by Gasteiger charge is -2.14. The largest absolute Gasteiger partial charge is 0.480 e. The summed E-state index contributed by atoms with van der Waals surface area (Å²) in [5.41, 5.74) is 0.384. The van der Waals surface area contributed by atoms with Crippen LogP contribution in [0.2, 0.25) is 0 Å². The normalized spacial score (nSPS) is 11.4. The molecular formula is C14H13Br2NO3. The number of carbonyl (C=O) groups excluding carboxylic acids is 1. The second-order valence-corrected chi connectivity index (χ2v) is 5.95. The number of nitrogens with one attached hydrogen (secondary N) is 1. The van der Waals surface area contributed by atoms with Gasteiger partial charge in [-0.2, -0.15) is 0 Å². The number of carboxylic acid groups (broad SMARTS) is 1. The zero-order valence-electron chi connectivity index (χ0n) is 10.5. The fourth-order valence-corrected chi connectivity index (χ4v) is 2.89. The Morgan fingerprint density at radius 3 is 2.40 bits per heavy atom. The number of rotatable bonds is 6. The summed E-state index contributed by atoms with van der Waals surface area (Å²) < 4.78 is 1.47. The van der Waals surface area contributed by atoms with Gasteiger partial charge >= 0.3 is 5.97 Å². The van der Waals surface area contributed by atoms with Crippen LogP contribution in [0.1, 0.15) is 29.6 Å². The number of hydrogen-bond donors (Lipinski definition) is 2. The number of halogens is 2. The lowest BCUT2D eigenvalue weighted by Crippen LogP contribution is -2.40. The van der Waals surface area contributed by atoms with E-state index in [1.165, 1.54) is 0 Å². The van der Waals surface area contributed by atoms with Crippen LogP contribution in [0.3, 0.4) is 0 Å². The summed E-state index contributed by atoms with van der Waals surface area (Å²) in [5.74, 6) is 0.948. The highest BCUT2D eigenvalue weighted by Gasteiger charge is 2.20. The summed E-state index contributed by atoms with van der Waals surface area (Å²) in [4.78, 5) is 23.1. The van der Waals surface area contributed by atoms with Crippen LogP contribution >= 0.6 is 31.9 Å². The first kappa shape index (κ1) is 16.7. The van der Waals surface area contributed by atoms with Crippen molar-refractivity contribution in [2.75, 3.05) is 0 Å². The first-order valence-corrected chi connectivity index (χ1v) is 7.46. The average Bonchev–Trinajstić information content (AvgIpc) is 2.36. The van der Waals surface area contributed by atoms with Gasteiger partial charge in [-0.15, -0.1) is 12.3 Å². The van der Waals surface area contributed by atoms with E-state index in [1.807, 2.05) is 0 Å². The molecule has 106 valence electrons. The molecule has 6 heteroatoms. The third-order valence-corrected chi connectivity index (χ3v) is 3.46. The van der Waals surface area contributed by atoms with Gasteiger partial charge in [0.1, 0.15) is 6.04 Å². The predicted molar refractivity (Wildman–Crippen MR) is 83.4 cm³/mol. The lowest BCUT2D eigenvalue weighted by atomic mass is 10.1. The second kappa shape index (κ2) is 8.08. The zero-order valence-corrected chi connectivity index (χ0v) is 13.7. The minimum Gasteiger partial charge on any atom is -0.480 e. The van der Waals surface area contributed by atoms with Gasteiger partial charge in [-0.1, -0.05) is 31.9 Å². The Morgan fingerprint density at radius 1 is 1.30 bits per heavy atom. The lowest BCUT2D eigenvalue weighted by molar-refractivity contribution is -0.139. The highest BCUT2D eigenvalue weighted by Crippen LogP contribution is 2.20. The molecule has 0 radical (unpaired) electrons. The summed E-state index contributed by atoms with van der Waals surface area (Å²) in [6, 6.07) is 4.10. The van der Waals surface area contributed by atoms with Gasteiger partial charge in [-0.05, 0) is 31.0 Å². The van der Waals surface area contributed by atoms with Crippen molar-refractivity contribution in [3.05, 3.63) is 32.7 Å². The van der Waals surface area contributed by atoms with Gasteiger partial charge in [0.2, 0.25) is 0 Å². The standard InChI is InChI=1S/C14H13Br2NO3/c1-2-3-4-5-12(14(19)20)17-13(18)9-6-10(15)8-11(16)7-9/h1,6-8,12H,3-5H2,(H,17,18)(H,19,20)/t12-/m1/s1. The molecule has 1 aromatic rings. The van der Waals surface area contributed by atoms with Crippen LogP contribution in [0.5, 0.6) is 0 Å². The van der Waals surface area contributed by atoms with Gasteiger partial charge in [-0.25, -0.2) is 4.79 Å². The first-order chi connectivity index (χ1) is 9.43. The van der Waals surface area contributed by atoms with E-state index in [0.29, 0.717) is 24.8 Å². The maximum Gasteiger partial charge on any atom is 0.326 e. The number of amides is 1. The second-order valence-electron chi connectivity index (χ2n) is 4.12. The van der Waals surface area contributed by atoms with Crippen molar-refractivity contribution < 1.29 is 14.7 Å². The number of unbranched alkanes of at least 4 members (excludes halogenated alkanes) is 1. The molecular weight excluding hydrogens is 390 g/mol. The summed E-state index contributed by atoms with van der Waals surface area (Å²) in [5, 5.41) is 11.6. The van der Waals surface area contributed by atoms with E-state index in [4.69, 9.17) is 11.5 Å². The molecule has 1 amide bonds. The predicted octanol–water partition coefficient (Wildman–Crippen LogP) is 3.20. The molecule has 20 heavy (non-hydrogen) atoms. The quantitative estimate of drug-likeness (QED) is 0.567. The molecule has 0 saturated heterocycles. The molecule has 0 aliphatic heterocycles. The van der Waals surface area contributed by atoms with E-state index in [1.54, 1.807) is 18.2 Å². The molecule has 0 aromatic heterocycles. The molecule has 0 fully saturated rings. The Balaban J connectivity index is 2.75. The highest BCUT2D eigenvalue weighted by molar-refractivity contribution is 9.11. The number of aliphatic carboxylic acids is 1. The van der Waals surface area contributed by atoms with Crippen molar-refractivity contribution in [1.82, 2.24) is 5.32 Å². The van der Waals surface area contributed by atoms with E-state index in [-0.39, 0.29) is 0 Å². The molecule has 0 unspecified atom stereocenters. The molecule has 0 saturated carbocycles. The molecule has 0 bridgehead atoms. The molecule has 1 aromatic carbocycles. The maximum absolute atomic E-state index is 12.0.